The summed E-state index contributed by atoms with van der Waals surface area (Å²) in [6.45, 7) is 6.37. The lowest BCUT2D eigenvalue weighted by Crippen LogP contribution is -2.30. The highest BCUT2D eigenvalue weighted by molar-refractivity contribution is 5.71. The number of ether oxygens (including phenoxy) is 3. The third-order valence-corrected chi connectivity index (χ3v) is 10.6. The van der Waals surface area contributed by atoms with Crippen molar-refractivity contribution in [2.75, 3.05) is 13.2 Å². The van der Waals surface area contributed by atoms with Gasteiger partial charge < -0.3 is 14.2 Å². The number of allylic oxidation sites excluding steroid dienone is 14. The van der Waals surface area contributed by atoms with Gasteiger partial charge in [0.25, 0.3) is 0 Å². The van der Waals surface area contributed by atoms with E-state index in [0.29, 0.717) is 19.3 Å². The van der Waals surface area contributed by atoms with Crippen LogP contribution in [0.3, 0.4) is 0 Å². The van der Waals surface area contributed by atoms with Crippen LogP contribution in [-0.2, 0) is 28.6 Å². The molecule has 0 radical (unpaired) electrons. The van der Waals surface area contributed by atoms with Crippen molar-refractivity contribution in [3.63, 3.8) is 0 Å². The lowest BCUT2D eigenvalue weighted by atomic mass is 10.0. The van der Waals surface area contributed by atoms with E-state index in [9.17, 15) is 14.4 Å². The highest BCUT2D eigenvalue weighted by Crippen LogP contribution is 2.14. The van der Waals surface area contributed by atoms with Gasteiger partial charge in [0.1, 0.15) is 13.2 Å². The average molecular weight is 863 g/mol. The van der Waals surface area contributed by atoms with Gasteiger partial charge in [-0.3, -0.25) is 14.4 Å². The third kappa shape index (κ3) is 47.6. The molecule has 6 nitrogen and oxygen atoms in total. The first-order chi connectivity index (χ1) is 30.5. The summed E-state index contributed by atoms with van der Waals surface area (Å²) in [7, 11) is 0. The van der Waals surface area contributed by atoms with Crippen molar-refractivity contribution < 1.29 is 28.6 Å². The Hall–Kier alpha value is -3.41. The van der Waals surface area contributed by atoms with E-state index in [-0.39, 0.29) is 31.1 Å². The summed E-state index contributed by atoms with van der Waals surface area (Å²) in [5.41, 5.74) is 0. The molecule has 1 unspecified atom stereocenters. The van der Waals surface area contributed by atoms with E-state index in [4.69, 9.17) is 14.2 Å². The minimum Gasteiger partial charge on any atom is -0.462 e. The molecule has 6 heteroatoms. The molecule has 0 aliphatic rings. The molecule has 0 bridgehead atoms. The number of hydrogen-bond acceptors (Lipinski definition) is 6. The summed E-state index contributed by atoms with van der Waals surface area (Å²) in [6.07, 6.45) is 64.2. The topological polar surface area (TPSA) is 78.9 Å². The number of hydrogen-bond donors (Lipinski definition) is 0. The fourth-order valence-electron chi connectivity index (χ4n) is 6.86. The van der Waals surface area contributed by atoms with Gasteiger partial charge in [-0.2, -0.15) is 0 Å². The molecule has 0 saturated carbocycles. The van der Waals surface area contributed by atoms with Crippen LogP contribution in [-0.4, -0.2) is 37.2 Å². The minimum atomic E-state index is -0.794. The fourth-order valence-corrected chi connectivity index (χ4v) is 6.86. The van der Waals surface area contributed by atoms with Gasteiger partial charge >= 0.3 is 17.9 Å². The molecule has 354 valence electrons. The minimum absolute atomic E-state index is 0.0913. The SMILES string of the molecule is CC/C=C\C/C=C\C/C=C\C/C=C\CCCCCC(=O)OCC(COC(=O)CCCCCCCCCCCCCC)OC(=O)CCCCCCCC/C=C\C/C=C\C/C=C\CC. The predicted molar refractivity (Wildman–Crippen MR) is 265 cm³/mol. The van der Waals surface area contributed by atoms with Crippen molar-refractivity contribution in [1.29, 1.82) is 0 Å². The zero-order valence-electron chi connectivity index (χ0n) is 40.4. The molecular weight excluding hydrogens is 769 g/mol. The standard InChI is InChI=1S/C56H94O6/c1-4-7-10-13-16-19-22-25-27-29-31-34-37-40-43-46-49-55(58)61-52-53(51-60-54(57)48-45-42-39-36-33-24-21-18-15-12-9-6-3)62-56(59)50-47-44-41-38-35-32-30-28-26-23-20-17-14-11-8-5-2/h7-8,10-11,16-17,19-20,25-28,31,34,53H,4-6,9,12-15,18,21-24,29-30,32-33,35-52H2,1-3H3/b10-7-,11-8-,19-16-,20-17-,27-25-,28-26-,34-31-. The molecule has 0 amide bonds. The van der Waals surface area contributed by atoms with Crippen LogP contribution in [0.2, 0.25) is 0 Å². The monoisotopic (exact) mass is 863 g/mol. The Morgan fingerprint density at radius 2 is 0.629 bits per heavy atom. The van der Waals surface area contributed by atoms with Gasteiger partial charge in [-0.05, 0) is 89.9 Å². The quantitative estimate of drug-likeness (QED) is 0.0263. The molecule has 0 aliphatic heterocycles. The van der Waals surface area contributed by atoms with Gasteiger partial charge in [0, 0.05) is 19.3 Å². The lowest BCUT2D eigenvalue weighted by molar-refractivity contribution is -0.167. The molecule has 0 aromatic heterocycles. The highest BCUT2D eigenvalue weighted by atomic mass is 16.6. The smallest absolute Gasteiger partial charge is 0.306 e. The van der Waals surface area contributed by atoms with Gasteiger partial charge in [0.2, 0.25) is 0 Å². The lowest BCUT2D eigenvalue weighted by Gasteiger charge is -2.18. The van der Waals surface area contributed by atoms with Crippen molar-refractivity contribution in [3.8, 4) is 0 Å². The number of unbranched alkanes of at least 4 members (excludes halogenated alkanes) is 20. The normalized spacial score (nSPS) is 12.8. The summed E-state index contributed by atoms with van der Waals surface area (Å²) in [5, 5.41) is 0. The first kappa shape index (κ1) is 58.6. The summed E-state index contributed by atoms with van der Waals surface area (Å²) in [5.74, 6) is -0.937. The molecule has 0 fully saturated rings. The molecule has 1 atom stereocenters. The Bertz CT molecular complexity index is 1220. The van der Waals surface area contributed by atoms with Gasteiger partial charge in [-0.15, -0.1) is 0 Å². The highest BCUT2D eigenvalue weighted by Gasteiger charge is 2.19. The van der Waals surface area contributed by atoms with Crippen LogP contribution >= 0.6 is 0 Å². The molecule has 0 heterocycles. The first-order valence-electron chi connectivity index (χ1n) is 25.6. The average Bonchev–Trinajstić information content (AvgIpc) is 3.27. The maximum atomic E-state index is 12.8. The maximum absolute atomic E-state index is 12.8. The zero-order chi connectivity index (χ0) is 45.1. The summed E-state index contributed by atoms with van der Waals surface area (Å²) >= 11 is 0. The van der Waals surface area contributed by atoms with Crippen LogP contribution in [0.5, 0.6) is 0 Å². The second kappa shape index (κ2) is 50.2. The molecule has 62 heavy (non-hydrogen) atoms. The van der Waals surface area contributed by atoms with Crippen LogP contribution in [0.1, 0.15) is 233 Å². The molecule has 0 spiro atoms. The van der Waals surface area contributed by atoms with E-state index in [1.54, 1.807) is 0 Å². The van der Waals surface area contributed by atoms with Gasteiger partial charge in [0.15, 0.2) is 6.10 Å². The molecular formula is C56H94O6. The Balaban J connectivity index is 4.46. The Labute approximate surface area is 382 Å². The van der Waals surface area contributed by atoms with Crippen LogP contribution < -0.4 is 0 Å². The predicted octanol–water partition coefficient (Wildman–Crippen LogP) is 16.8. The molecule has 0 aliphatic carbocycles. The maximum Gasteiger partial charge on any atom is 0.306 e. The number of carbonyl (C=O) groups excluding carboxylic acids is 3. The molecule has 0 saturated heterocycles. The van der Waals surface area contributed by atoms with E-state index >= 15 is 0 Å². The van der Waals surface area contributed by atoms with Gasteiger partial charge in [-0.25, -0.2) is 0 Å². The van der Waals surface area contributed by atoms with Gasteiger partial charge in [0.05, 0.1) is 0 Å². The number of esters is 3. The number of carbonyl (C=O) groups is 3. The van der Waals surface area contributed by atoms with Crippen LogP contribution in [0.25, 0.3) is 0 Å². The fraction of sp³-hybridized carbons (Fsp3) is 0.696. The van der Waals surface area contributed by atoms with Gasteiger partial charge in [-0.1, -0.05) is 209 Å². The molecule has 0 aromatic carbocycles. The Kier molecular flexibility index (Phi) is 47.5. The Morgan fingerprint density at radius 1 is 0.339 bits per heavy atom. The van der Waals surface area contributed by atoms with Crippen molar-refractivity contribution >= 4 is 17.9 Å². The molecule has 0 N–H and O–H groups in total. The van der Waals surface area contributed by atoms with Crippen molar-refractivity contribution in [2.24, 2.45) is 0 Å². The summed E-state index contributed by atoms with van der Waals surface area (Å²) in [6, 6.07) is 0. The zero-order valence-corrected chi connectivity index (χ0v) is 40.4. The second-order valence-electron chi connectivity index (χ2n) is 16.7. The molecule has 0 rings (SSSR count). The van der Waals surface area contributed by atoms with Crippen LogP contribution in [0.15, 0.2) is 85.1 Å². The van der Waals surface area contributed by atoms with E-state index in [1.807, 2.05) is 0 Å². The first-order valence-corrected chi connectivity index (χ1v) is 25.6. The van der Waals surface area contributed by atoms with Crippen molar-refractivity contribution in [3.05, 3.63) is 85.1 Å². The largest absolute Gasteiger partial charge is 0.462 e. The summed E-state index contributed by atoms with van der Waals surface area (Å²) < 4.78 is 16.8. The number of rotatable bonds is 45. The van der Waals surface area contributed by atoms with E-state index in [2.05, 4.69) is 106 Å². The Morgan fingerprint density at radius 3 is 1.00 bits per heavy atom. The van der Waals surface area contributed by atoms with E-state index in [0.717, 1.165) is 122 Å². The van der Waals surface area contributed by atoms with E-state index in [1.165, 1.54) is 70.6 Å². The van der Waals surface area contributed by atoms with Crippen LogP contribution in [0.4, 0.5) is 0 Å². The van der Waals surface area contributed by atoms with E-state index < -0.39 is 6.10 Å². The summed E-state index contributed by atoms with van der Waals surface area (Å²) in [4.78, 5) is 38.0. The van der Waals surface area contributed by atoms with Crippen molar-refractivity contribution in [1.82, 2.24) is 0 Å². The van der Waals surface area contributed by atoms with Crippen molar-refractivity contribution in [2.45, 2.75) is 239 Å². The second-order valence-corrected chi connectivity index (χ2v) is 16.7. The van der Waals surface area contributed by atoms with Crippen LogP contribution in [0, 0.1) is 0 Å². The molecule has 0 aromatic rings. The third-order valence-electron chi connectivity index (χ3n) is 10.6.